The predicted molar refractivity (Wildman–Crippen MR) is 80.3 cm³/mol. The van der Waals surface area contributed by atoms with Crippen LogP contribution in [0.2, 0.25) is 0 Å². The summed E-state index contributed by atoms with van der Waals surface area (Å²) >= 11 is 0. The Morgan fingerprint density at radius 1 is 1.11 bits per heavy atom. The first-order chi connectivity index (χ1) is 9.01. The molecule has 1 N–H and O–H groups in total. The summed E-state index contributed by atoms with van der Waals surface area (Å²) in [6, 6.07) is 8.25. The molecule has 0 amide bonds. The largest absolute Gasteiger partial charge is 0.386 e. The van der Waals surface area contributed by atoms with Crippen molar-refractivity contribution in [2.45, 2.75) is 58.1 Å². The summed E-state index contributed by atoms with van der Waals surface area (Å²) in [6.45, 7) is 8.64. The van der Waals surface area contributed by atoms with Gasteiger partial charge in [-0.05, 0) is 52.3 Å². The van der Waals surface area contributed by atoms with E-state index < -0.39 is 6.10 Å². The molecular weight excluding hydrogens is 234 g/mol. The van der Waals surface area contributed by atoms with Crippen molar-refractivity contribution in [2.24, 2.45) is 0 Å². The lowest BCUT2D eigenvalue weighted by Crippen LogP contribution is -2.48. The first kappa shape index (κ1) is 14.5. The second-order valence-electron chi connectivity index (χ2n) is 6.37. The molecule has 1 atom stereocenters. The highest BCUT2D eigenvalue weighted by Crippen LogP contribution is 2.32. The normalized spacial score (nSPS) is 20.0. The van der Waals surface area contributed by atoms with Gasteiger partial charge in [0.15, 0.2) is 0 Å². The lowest BCUT2D eigenvalue weighted by Gasteiger charge is -2.41. The third-order valence-corrected chi connectivity index (χ3v) is 4.45. The highest BCUT2D eigenvalue weighted by molar-refractivity contribution is 5.26. The Balaban J connectivity index is 2.17. The average Bonchev–Trinajstić information content (AvgIpc) is 2.67. The zero-order chi connectivity index (χ0) is 13.9. The number of aryl methyl sites for hydroxylation is 1. The van der Waals surface area contributed by atoms with Gasteiger partial charge in [-0.15, -0.1) is 0 Å². The fourth-order valence-electron chi connectivity index (χ4n) is 3.07. The molecule has 0 bridgehead atoms. The van der Waals surface area contributed by atoms with Crippen LogP contribution in [0.4, 0.5) is 0 Å². The molecular formula is C17H27NO. The number of aliphatic hydroxyl groups is 1. The van der Waals surface area contributed by atoms with Crippen LogP contribution in [0.3, 0.4) is 0 Å². The summed E-state index contributed by atoms with van der Waals surface area (Å²) in [5, 5.41) is 10.8. The predicted octanol–water partition coefficient (Wildman–Crippen LogP) is 3.68. The Bertz CT molecular complexity index is 405. The van der Waals surface area contributed by atoms with E-state index in [9.17, 15) is 5.11 Å². The van der Waals surface area contributed by atoms with Crippen LogP contribution in [-0.4, -0.2) is 28.6 Å². The highest BCUT2D eigenvalue weighted by atomic mass is 16.3. The molecule has 1 aromatic carbocycles. The lowest BCUT2D eigenvalue weighted by atomic mass is 9.88. The van der Waals surface area contributed by atoms with Gasteiger partial charge in [-0.25, -0.2) is 0 Å². The Hall–Kier alpha value is -0.860. The number of likely N-dealkylation sites (tertiary alicyclic amines) is 1. The van der Waals surface area contributed by atoms with E-state index in [1.807, 2.05) is 12.1 Å². The molecule has 1 fully saturated rings. The summed E-state index contributed by atoms with van der Waals surface area (Å²) < 4.78 is 0. The fraction of sp³-hybridized carbons (Fsp3) is 0.647. The lowest BCUT2D eigenvalue weighted by molar-refractivity contribution is -0.0100. The minimum atomic E-state index is -0.425. The van der Waals surface area contributed by atoms with Crippen molar-refractivity contribution < 1.29 is 5.11 Å². The maximum Gasteiger partial charge on any atom is 0.0968 e. The first-order valence-electron chi connectivity index (χ1n) is 7.51. The summed E-state index contributed by atoms with van der Waals surface area (Å²) in [7, 11) is 0. The smallest absolute Gasteiger partial charge is 0.0968 e. The van der Waals surface area contributed by atoms with Gasteiger partial charge in [-0.2, -0.15) is 0 Å². The van der Waals surface area contributed by atoms with Gasteiger partial charge in [-0.3, -0.25) is 4.90 Å². The van der Waals surface area contributed by atoms with Gasteiger partial charge >= 0.3 is 0 Å². The zero-order valence-electron chi connectivity index (χ0n) is 12.5. The standard InChI is InChI=1S/C17H27NO/c1-14-9-8-10-15(13-14)16(19)17(2,3)18-11-6-4-5-7-12-18/h8-10,13,16,19H,4-7,11-12H2,1-3H3. The molecule has 2 heteroatoms. The molecule has 0 spiro atoms. The Kier molecular flexibility index (Phi) is 4.64. The third-order valence-electron chi connectivity index (χ3n) is 4.45. The molecule has 19 heavy (non-hydrogen) atoms. The van der Waals surface area contributed by atoms with Gasteiger partial charge < -0.3 is 5.11 Å². The molecule has 1 saturated heterocycles. The van der Waals surface area contributed by atoms with Crippen LogP contribution in [0.5, 0.6) is 0 Å². The minimum Gasteiger partial charge on any atom is -0.386 e. The fourth-order valence-corrected chi connectivity index (χ4v) is 3.07. The van der Waals surface area contributed by atoms with Crippen LogP contribution in [0, 0.1) is 6.92 Å². The van der Waals surface area contributed by atoms with E-state index in [0.717, 1.165) is 18.7 Å². The molecule has 1 aliphatic rings. The minimum absolute atomic E-state index is 0.196. The van der Waals surface area contributed by atoms with Crippen molar-refractivity contribution in [1.29, 1.82) is 0 Å². The number of hydrogen-bond acceptors (Lipinski definition) is 2. The second-order valence-corrected chi connectivity index (χ2v) is 6.37. The summed E-state index contributed by atoms with van der Waals surface area (Å²) in [5.41, 5.74) is 2.05. The van der Waals surface area contributed by atoms with Crippen LogP contribution in [-0.2, 0) is 0 Å². The van der Waals surface area contributed by atoms with E-state index in [1.165, 1.54) is 31.2 Å². The van der Waals surface area contributed by atoms with Crippen molar-refractivity contribution in [2.75, 3.05) is 13.1 Å². The molecule has 1 aromatic rings. The van der Waals surface area contributed by atoms with E-state index in [0.29, 0.717) is 0 Å². The van der Waals surface area contributed by atoms with Crippen molar-refractivity contribution in [3.05, 3.63) is 35.4 Å². The molecule has 0 aromatic heterocycles. The van der Waals surface area contributed by atoms with E-state index in [2.05, 4.69) is 37.8 Å². The van der Waals surface area contributed by atoms with Gasteiger partial charge in [0.05, 0.1) is 6.10 Å². The first-order valence-corrected chi connectivity index (χ1v) is 7.51. The quantitative estimate of drug-likeness (QED) is 0.897. The van der Waals surface area contributed by atoms with Crippen molar-refractivity contribution >= 4 is 0 Å². The third kappa shape index (κ3) is 3.37. The molecule has 0 aliphatic carbocycles. The van der Waals surface area contributed by atoms with Gasteiger partial charge in [0, 0.05) is 5.54 Å². The van der Waals surface area contributed by atoms with Crippen LogP contribution < -0.4 is 0 Å². The monoisotopic (exact) mass is 261 g/mol. The van der Waals surface area contributed by atoms with Crippen LogP contribution >= 0.6 is 0 Å². The number of nitrogens with zero attached hydrogens (tertiary/aromatic N) is 1. The molecule has 2 nitrogen and oxygen atoms in total. The number of hydrogen-bond donors (Lipinski definition) is 1. The molecule has 1 unspecified atom stereocenters. The Morgan fingerprint density at radius 3 is 2.32 bits per heavy atom. The summed E-state index contributed by atoms with van der Waals surface area (Å²) in [6.07, 6.45) is 4.74. The molecule has 0 saturated carbocycles. The molecule has 2 rings (SSSR count). The van der Waals surface area contributed by atoms with E-state index >= 15 is 0 Å². The van der Waals surface area contributed by atoms with E-state index in [-0.39, 0.29) is 5.54 Å². The molecule has 0 radical (unpaired) electrons. The van der Waals surface area contributed by atoms with E-state index in [1.54, 1.807) is 0 Å². The van der Waals surface area contributed by atoms with Gasteiger partial charge in [0.25, 0.3) is 0 Å². The number of benzene rings is 1. The average molecular weight is 261 g/mol. The topological polar surface area (TPSA) is 23.5 Å². The van der Waals surface area contributed by atoms with Crippen molar-refractivity contribution in [3.63, 3.8) is 0 Å². The van der Waals surface area contributed by atoms with Gasteiger partial charge in [0.2, 0.25) is 0 Å². The van der Waals surface area contributed by atoms with Crippen LogP contribution in [0.1, 0.15) is 56.8 Å². The summed E-state index contributed by atoms with van der Waals surface area (Å²) in [4.78, 5) is 2.47. The summed E-state index contributed by atoms with van der Waals surface area (Å²) in [5.74, 6) is 0. The Morgan fingerprint density at radius 2 is 1.74 bits per heavy atom. The molecule has 106 valence electrons. The number of aliphatic hydroxyl groups excluding tert-OH is 1. The van der Waals surface area contributed by atoms with E-state index in [4.69, 9.17) is 0 Å². The number of rotatable bonds is 3. The molecule has 1 aliphatic heterocycles. The SMILES string of the molecule is Cc1cccc(C(O)C(C)(C)N2CCCCCC2)c1. The maximum atomic E-state index is 10.8. The highest BCUT2D eigenvalue weighted by Gasteiger charge is 2.35. The zero-order valence-corrected chi connectivity index (χ0v) is 12.5. The van der Waals surface area contributed by atoms with Crippen molar-refractivity contribution in [3.8, 4) is 0 Å². The second kappa shape index (κ2) is 6.06. The van der Waals surface area contributed by atoms with Crippen LogP contribution in [0.15, 0.2) is 24.3 Å². The van der Waals surface area contributed by atoms with Crippen molar-refractivity contribution in [1.82, 2.24) is 4.90 Å². The maximum absolute atomic E-state index is 10.8. The van der Waals surface area contributed by atoms with Crippen LogP contribution in [0.25, 0.3) is 0 Å². The van der Waals surface area contributed by atoms with Gasteiger partial charge in [-0.1, -0.05) is 42.7 Å². The molecule has 1 heterocycles. The van der Waals surface area contributed by atoms with Gasteiger partial charge in [0.1, 0.15) is 0 Å². The Labute approximate surface area is 117 Å².